The van der Waals surface area contributed by atoms with Crippen molar-refractivity contribution in [2.45, 2.75) is 0 Å². The maximum Gasteiger partial charge on any atom is 0.166 e. The molecule has 4 aromatic heterocycles. The van der Waals surface area contributed by atoms with Crippen molar-refractivity contribution in [1.29, 1.82) is 0 Å². The first-order valence-corrected chi connectivity index (χ1v) is 19.5. The predicted molar refractivity (Wildman–Crippen MR) is 232 cm³/mol. The molecule has 0 atom stereocenters. The van der Waals surface area contributed by atoms with Crippen LogP contribution in [0.25, 0.3) is 104 Å². The predicted octanol–water partition coefficient (Wildman–Crippen LogP) is 13.1. The SMILES string of the molecule is c1ccc(-c2ccc(-c3nc(-c4ccccc4)nc(-c4cccc(-c5cccc6c5sc5cccnc56)c4)n3)c(-n3c4ccccc4c4ccccc43)c2)cc1. The molecular formula is C50H31N5S. The Kier molecular flexibility index (Phi) is 7.60. The van der Waals surface area contributed by atoms with Gasteiger partial charge in [0.1, 0.15) is 0 Å². The summed E-state index contributed by atoms with van der Waals surface area (Å²) in [6, 6.07) is 63.7. The normalized spacial score (nSPS) is 11.6. The monoisotopic (exact) mass is 733 g/mol. The zero-order chi connectivity index (χ0) is 37.0. The zero-order valence-electron chi connectivity index (χ0n) is 30.0. The molecule has 0 radical (unpaired) electrons. The zero-order valence-corrected chi connectivity index (χ0v) is 30.9. The summed E-state index contributed by atoms with van der Waals surface area (Å²) in [4.78, 5) is 20.4. The van der Waals surface area contributed by atoms with Crippen molar-refractivity contribution in [1.82, 2.24) is 24.5 Å². The molecule has 11 rings (SSSR count). The third kappa shape index (κ3) is 5.38. The van der Waals surface area contributed by atoms with Gasteiger partial charge in [-0.25, -0.2) is 15.0 Å². The largest absolute Gasteiger partial charge is 0.308 e. The second kappa shape index (κ2) is 13.2. The number of aromatic nitrogens is 5. The fourth-order valence-corrected chi connectivity index (χ4v) is 9.11. The maximum atomic E-state index is 5.32. The number of para-hydroxylation sites is 2. The first-order chi connectivity index (χ1) is 27.8. The van der Waals surface area contributed by atoms with Crippen molar-refractivity contribution in [3.8, 4) is 62.1 Å². The number of benzene rings is 7. The molecule has 4 heterocycles. The highest BCUT2D eigenvalue weighted by Crippen LogP contribution is 2.41. The Morgan fingerprint density at radius 1 is 0.393 bits per heavy atom. The molecule has 7 aromatic carbocycles. The summed E-state index contributed by atoms with van der Waals surface area (Å²) in [6.07, 6.45) is 1.87. The van der Waals surface area contributed by atoms with Crippen molar-refractivity contribution in [2.75, 3.05) is 0 Å². The molecule has 262 valence electrons. The summed E-state index contributed by atoms with van der Waals surface area (Å²) >= 11 is 1.78. The van der Waals surface area contributed by atoms with E-state index in [9.17, 15) is 0 Å². The van der Waals surface area contributed by atoms with Crippen molar-refractivity contribution < 1.29 is 0 Å². The minimum atomic E-state index is 0.605. The van der Waals surface area contributed by atoms with E-state index in [1.165, 1.54) is 25.6 Å². The fourth-order valence-electron chi connectivity index (χ4n) is 7.91. The highest BCUT2D eigenvalue weighted by atomic mass is 32.1. The number of fused-ring (bicyclic) bond motifs is 6. The van der Waals surface area contributed by atoms with Gasteiger partial charge >= 0.3 is 0 Å². The maximum absolute atomic E-state index is 5.32. The standard InChI is InChI=1S/C50H31N5S/c1-3-14-32(15-4-1)34-27-28-40(44(31-34)55-42-24-9-7-20-38(42)39-21-8-10-25-43(39)55)50-53-48(33-16-5-2-6-17-33)52-49(54-50)36-19-11-18-35(30-36)37-22-12-23-41-46-45(56-47(37)41)26-13-29-51-46/h1-31H. The van der Waals surface area contributed by atoms with E-state index in [4.69, 9.17) is 19.9 Å². The van der Waals surface area contributed by atoms with E-state index in [-0.39, 0.29) is 0 Å². The smallest absolute Gasteiger partial charge is 0.166 e. The van der Waals surface area contributed by atoms with Gasteiger partial charge in [0.25, 0.3) is 0 Å². The number of hydrogen-bond acceptors (Lipinski definition) is 5. The molecule has 56 heavy (non-hydrogen) atoms. The first kappa shape index (κ1) is 32.2. The fraction of sp³-hybridized carbons (Fsp3) is 0. The van der Waals surface area contributed by atoms with Gasteiger partial charge in [-0.15, -0.1) is 11.3 Å². The topological polar surface area (TPSA) is 56.5 Å². The molecule has 0 N–H and O–H groups in total. The van der Waals surface area contributed by atoms with Gasteiger partial charge in [0.15, 0.2) is 17.5 Å². The van der Waals surface area contributed by atoms with Crippen LogP contribution in [0.1, 0.15) is 0 Å². The molecule has 11 aromatic rings. The Balaban J connectivity index is 1.15. The molecule has 0 aliphatic heterocycles. The highest BCUT2D eigenvalue weighted by Gasteiger charge is 2.21. The highest BCUT2D eigenvalue weighted by molar-refractivity contribution is 7.26. The van der Waals surface area contributed by atoms with Crippen molar-refractivity contribution in [3.63, 3.8) is 0 Å². The van der Waals surface area contributed by atoms with Crippen LogP contribution in [0.15, 0.2) is 188 Å². The van der Waals surface area contributed by atoms with E-state index in [0.29, 0.717) is 17.5 Å². The third-order valence-electron chi connectivity index (χ3n) is 10.5. The lowest BCUT2D eigenvalue weighted by Gasteiger charge is -2.16. The average Bonchev–Trinajstić information content (AvgIpc) is 3.83. The van der Waals surface area contributed by atoms with Crippen LogP contribution >= 0.6 is 11.3 Å². The quantitative estimate of drug-likeness (QED) is 0.171. The Labute approximate surface area is 326 Å². The minimum Gasteiger partial charge on any atom is -0.308 e. The molecule has 0 saturated carbocycles. The molecule has 5 nitrogen and oxygen atoms in total. The molecule has 0 aliphatic rings. The van der Waals surface area contributed by atoms with Crippen LogP contribution in [0.4, 0.5) is 0 Å². The number of thiophene rings is 1. The minimum absolute atomic E-state index is 0.605. The number of pyridine rings is 1. The number of hydrogen-bond donors (Lipinski definition) is 0. The summed E-state index contributed by atoms with van der Waals surface area (Å²) in [7, 11) is 0. The Morgan fingerprint density at radius 3 is 1.77 bits per heavy atom. The molecule has 0 spiro atoms. The van der Waals surface area contributed by atoms with E-state index in [0.717, 1.165) is 61.2 Å². The Hall–Kier alpha value is -7.28. The lowest BCUT2D eigenvalue weighted by atomic mass is 10.0. The van der Waals surface area contributed by atoms with Crippen LogP contribution in [-0.2, 0) is 0 Å². The summed E-state index contributed by atoms with van der Waals surface area (Å²) in [5.41, 5.74) is 11.6. The van der Waals surface area contributed by atoms with E-state index >= 15 is 0 Å². The van der Waals surface area contributed by atoms with Gasteiger partial charge in [-0.3, -0.25) is 4.98 Å². The average molecular weight is 734 g/mol. The Bertz CT molecular complexity index is 3200. The second-order valence-electron chi connectivity index (χ2n) is 13.9. The van der Waals surface area contributed by atoms with E-state index in [1.807, 2.05) is 30.5 Å². The van der Waals surface area contributed by atoms with Gasteiger partial charge in [0, 0.05) is 43.7 Å². The molecule has 6 heteroatoms. The van der Waals surface area contributed by atoms with Gasteiger partial charge in [-0.05, 0) is 64.7 Å². The number of nitrogens with zero attached hydrogens (tertiary/aromatic N) is 5. The molecule has 0 amide bonds. The molecule has 0 saturated heterocycles. The van der Waals surface area contributed by atoms with Crippen LogP contribution < -0.4 is 0 Å². The van der Waals surface area contributed by atoms with E-state index in [1.54, 1.807) is 11.3 Å². The lowest BCUT2D eigenvalue weighted by molar-refractivity contribution is 1.06. The van der Waals surface area contributed by atoms with Crippen LogP contribution in [0.5, 0.6) is 0 Å². The molecule has 0 aliphatic carbocycles. The van der Waals surface area contributed by atoms with Gasteiger partial charge in [-0.1, -0.05) is 140 Å². The first-order valence-electron chi connectivity index (χ1n) is 18.6. The van der Waals surface area contributed by atoms with E-state index < -0.39 is 0 Å². The second-order valence-corrected chi connectivity index (χ2v) is 14.9. The van der Waals surface area contributed by atoms with Gasteiger partial charge < -0.3 is 4.57 Å². The lowest BCUT2D eigenvalue weighted by Crippen LogP contribution is -2.04. The van der Waals surface area contributed by atoms with Crippen molar-refractivity contribution >= 4 is 53.4 Å². The van der Waals surface area contributed by atoms with Gasteiger partial charge in [-0.2, -0.15) is 0 Å². The third-order valence-corrected chi connectivity index (χ3v) is 11.7. The van der Waals surface area contributed by atoms with Gasteiger partial charge in [0.2, 0.25) is 0 Å². The van der Waals surface area contributed by atoms with Crippen molar-refractivity contribution in [3.05, 3.63) is 188 Å². The van der Waals surface area contributed by atoms with Crippen molar-refractivity contribution in [2.24, 2.45) is 0 Å². The van der Waals surface area contributed by atoms with Crippen LogP contribution in [0.2, 0.25) is 0 Å². The number of rotatable bonds is 6. The summed E-state index contributed by atoms with van der Waals surface area (Å²) in [6.45, 7) is 0. The van der Waals surface area contributed by atoms with E-state index in [2.05, 4.69) is 162 Å². The molecule has 0 unspecified atom stereocenters. The Morgan fingerprint density at radius 2 is 1.00 bits per heavy atom. The summed E-state index contributed by atoms with van der Waals surface area (Å²) in [5.74, 6) is 1.84. The van der Waals surface area contributed by atoms with Crippen LogP contribution in [0, 0.1) is 0 Å². The molecule has 0 fully saturated rings. The molecular weight excluding hydrogens is 703 g/mol. The van der Waals surface area contributed by atoms with Gasteiger partial charge in [0.05, 0.1) is 26.9 Å². The van der Waals surface area contributed by atoms with Crippen LogP contribution in [0.3, 0.4) is 0 Å². The summed E-state index contributed by atoms with van der Waals surface area (Å²) in [5, 5.41) is 3.56. The summed E-state index contributed by atoms with van der Waals surface area (Å²) < 4.78 is 4.76. The van der Waals surface area contributed by atoms with Crippen LogP contribution in [-0.4, -0.2) is 24.5 Å². The molecule has 0 bridgehead atoms.